The monoisotopic (exact) mass is 194 g/mol. The molecule has 0 bridgehead atoms. The van der Waals surface area contributed by atoms with Gasteiger partial charge in [-0.15, -0.1) is 0 Å². The van der Waals surface area contributed by atoms with Crippen molar-refractivity contribution >= 4 is 6.08 Å². The Morgan fingerprint density at radius 3 is 2.86 bits per heavy atom. The molecular formula is C11H14O3. The van der Waals surface area contributed by atoms with Gasteiger partial charge in [-0.05, 0) is 12.5 Å². The molecule has 0 spiro atoms. The van der Waals surface area contributed by atoms with E-state index in [2.05, 4.69) is 0 Å². The van der Waals surface area contributed by atoms with Crippen molar-refractivity contribution in [3.63, 3.8) is 0 Å². The summed E-state index contributed by atoms with van der Waals surface area (Å²) in [6.45, 7) is 0.112. The fraction of sp³-hybridized carbons (Fsp3) is 0.273. The number of benzene rings is 1. The molecule has 0 saturated carbocycles. The molecule has 2 N–H and O–H groups in total. The van der Waals surface area contributed by atoms with E-state index in [0.717, 1.165) is 0 Å². The van der Waals surface area contributed by atoms with Gasteiger partial charge in [-0.2, -0.15) is 0 Å². The highest BCUT2D eigenvalue weighted by atomic mass is 16.5. The smallest absolute Gasteiger partial charge is 0.165 e. The van der Waals surface area contributed by atoms with Gasteiger partial charge in [0.25, 0.3) is 0 Å². The summed E-state index contributed by atoms with van der Waals surface area (Å²) < 4.78 is 4.96. The van der Waals surface area contributed by atoms with Crippen molar-refractivity contribution in [2.75, 3.05) is 13.7 Å². The molecule has 76 valence electrons. The third-order valence-corrected chi connectivity index (χ3v) is 1.84. The summed E-state index contributed by atoms with van der Waals surface area (Å²) in [5.41, 5.74) is 0.692. The first-order valence-corrected chi connectivity index (χ1v) is 4.43. The second-order valence-electron chi connectivity index (χ2n) is 2.81. The molecule has 0 radical (unpaired) electrons. The molecule has 14 heavy (non-hydrogen) atoms. The van der Waals surface area contributed by atoms with Crippen LogP contribution in [-0.2, 0) is 0 Å². The molecule has 1 rings (SSSR count). The second-order valence-corrected chi connectivity index (χ2v) is 2.81. The van der Waals surface area contributed by atoms with Crippen LogP contribution < -0.4 is 4.74 Å². The maximum atomic E-state index is 9.65. The molecule has 0 aliphatic carbocycles. The summed E-state index contributed by atoms with van der Waals surface area (Å²) >= 11 is 0. The highest BCUT2D eigenvalue weighted by Gasteiger charge is 2.03. The first kappa shape index (κ1) is 10.6. The van der Waals surface area contributed by atoms with Gasteiger partial charge in [0.1, 0.15) is 0 Å². The molecule has 0 aliphatic heterocycles. The molecule has 0 heterocycles. The van der Waals surface area contributed by atoms with Crippen LogP contribution in [0.25, 0.3) is 6.08 Å². The van der Waals surface area contributed by atoms with Gasteiger partial charge in [-0.3, -0.25) is 0 Å². The first-order chi connectivity index (χ1) is 6.79. The normalized spacial score (nSPS) is 10.7. The molecule has 0 unspecified atom stereocenters. The van der Waals surface area contributed by atoms with E-state index < -0.39 is 0 Å². The molecule has 0 aliphatic rings. The highest BCUT2D eigenvalue weighted by Crippen LogP contribution is 2.30. The van der Waals surface area contributed by atoms with E-state index in [9.17, 15) is 5.11 Å². The van der Waals surface area contributed by atoms with E-state index in [1.54, 1.807) is 30.4 Å². The van der Waals surface area contributed by atoms with E-state index in [0.29, 0.717) is 17.7 Å². The van der Waals surface area contributed by atoms with Gasteiger partial charge < -0.3 is 14.9 Å². The van der Waals surface area contributed by atoms with E-state index in [4.69, 9.17) is 9.84 Å². The van der Waals surface area contributed by atoms with Gasteiger partial charge in [0.15, 0.2) is 11.5 Å². The maximum absolute atomic E-state index is 9.65. The van der Waals surface area contributed by atoms with Gasteiger partial charge in [-0.1, -0.05) is 24.3 Å². The second kappa shape index (κ2) is 5.29. The van der Waals surface area contributed by atoms with Crippen LogP contribution in [0.2, 0.25) is 0 Å². The molecule has 3 nitrogen and oxygen atoms in total. The topological polar surface area (TPSA) is 49.7 Å². The van der Waals surface area contributed by atoms with Crippen LogP contribution in [0.5, 0.6) is 11.5 Å². The van der Waals surface area contributed by atoms with E-state index in [1.165, 1.54) is 7.11 Å². The molecule has 0 fully saturated rings. The lowest BCUT2D eigenvalue weighted by Crippen LogP contribution is -1.85. The quantitative estimate of drug-likeness (QED) is 0.768. The molecule has 0 atom stereocenters. The van der Waals surface area contributed by atoms with E-state index in [1.807, 2.05) is 0 Å². The van der Waals surface area contributed by atoms with Crippen LogP contribution in [0, 0.1) is 0 Å². The number of aliphatic hydroxyl groups is 1. The third kappa shape index (κ3) is 2.50. The largest absolute Gasteiger partial charge is 0.504 e. The molecule has 0 saturated heterocycles. The summed E-state index contributed by atoms with van der Waals surface area (Å²) in [6, 6.07) is 5.28. The van der Waals surface area contributed by atoms with Crippen LogP contribution in [0.15, 0.2) is 24.3 Å². The van der Waals surface area contributed by atoms with Gasteiger partial charge in [-0.25, -0.2) is 0 Å². The predicted octanol–water partition coefficient (Wildman–Crippen LogP) is 1.80. The average Bonchev–Trinajstić information content (AvgIpc) is 2.21. The zero-order valence-corrected chi connectivity index (χ0v) is 8.10. The number of hydrogen-bond acceptors (Lipinski definition) is 3. The maximum Gasteiger partial charge on any atom is 0.165 e. The summed E-state index contributed by atoms with van der Waals surface area (Å²) in [5, 5.41) is 18.2. The van der Waals surface area contributed by atoms with Crippen molar-refractivity contribution < 1.29 is 14.9 Å². The minimum absolute atomic E-state index is 0.112. The molecule has 1 aromatic rings. The Balaban J connectivity index is 2.86. The number of methoxy groups -OCH3 is 1. The van der Waals surface area contributed by atoms with Crippen LogP contribution in [0.3, 0.4) is 0 Å². The third-order valence-electron chi connectivity index (χ3n) is 1.84. The zero-order valence-electron chi connectivity index (χ0n) is 8.10. The van der Waals surface area contributed by atoms with Crippen molar-refractivity contribution in [3.05, 3.63) is 29.8 Å². The van der Waals surface area contributed by atoms with Gasteiger partial charge >= 0.3 is 0 Å². The summed E-state index contributed by atoms with van der Waals surface area (Å²) in [6.07, 6.45) is 4.14. The Bertz CT molecular complexity index is 318. The number of phenolic OH excluding ortho intramolecular Hbond substituents is 1. The predicted molar refractivity (Wildman–Crippen MR) is 55.4 cm³/mol. The number of para-hydroxylation sites is 1. The fourth-order valence-electron chi connectivity index (χ4n) is 1.12. The molecule has 1 aromatic carbocycles. The van der Waals surface area contributed by atoms with Gasteiger partial charge in [0.05, 0.1) is 7.11 Å². The van der Waals surface area contributed by atoms with Crippen LogP contribution in [0.4, 0.5) is 0 Å². The standard InChI is InChI=1S/C11H14O3/c1-14-10-7-4-6-9(11(10)13)5-2-3-8-12/h2,4-7,12-13H,3,8H2,1H3. The van der Waals surface area contributed by atoms with E-state index >= 15 is 0 Å². The lowest BCUT2D eigenvalue weighted by Gasteiger charge is -2.04. The number of aromatic hydroxyl groups is 1. The van der Waals surface area contributed by atoms with Gasteiger partial charge in [0, 0.05) is 12.2 Å². The zero-order chi connectivity index (χ0) is 10.4. The highest BCUT2D eigenvalue weighted by molar-refractivity contribution is 5.61. The average molecular weight is 194 g/mol. The molecular weight excluding hydrogens is 180 g/mol. The minimum Gasteiger partial charge on any atom is -0.504 e. The SMILES string of the molecule is COc1cccc(C=CCCO)c1O. The Morgan fingerprint density at radius 2 is 2.21 bits per heavy atom. The fourth-order valence-corrected chi connectivity index (χ4v) is 1.12. The summed E-state index contributed by atoms with van der Waals surface area (Å²) in [4.78, 5) is 0. The summed E-state index contributed by atoms with van der Waals surface area (Å²) in [5.74, 6) is 0.584. The number of phenols is 1. The number of aliphatic hydroxyl groups excluding tert-OH is 1. The number of hydrogen-bond donors (Lipinski definition) is 2. The molecule has 0 amide bonds. The Morgan fingerprint density at radius 1 is 1.43 bits per heavy atom. The van der Waals surface area contributed by atoms with Crippen LogP contribution >= 0.6 is 0 Å². The van der Waals surface area contributed by atoms with Crippen LogP contribution in [-0.4, -0.2) is 23.9 Å². The van der Waals surface area contributed by atoms with E-state index in [-0.39, 0.29) is 12.4 Å². The van der Waals surface area contributed by atoms with Crippen molar-refractivity contribution in [1.82, 2.24) is 0 Å². The van der Waals surface area contributed by atoms with Gasteiger partial charge in [0.2, 0.25) is 0 Å². The van der Waals surface area contributed by atoms with Crippen molar-refractivity contribution in [2.24, 2.45) is 0 Å². The van der Waals surface area contributed by atoms with Crippen molar-refractivity contribution in [1.29, 1.82) is 0 Å². The Labute approximate surface area is 83.3 Å². The number of ether oxygens (including phenoxy) is 1. The van der Waals surface area contributed by atoms with Crippen LogP contribution in [0.1, 0.15) is 12.0 Å². The lowest BCUT2D eigenvalue weighted by molar-refractivity contribution is 0.303. The van der Waals surface area contributed by atoms with Crippen molar-refractivity contribution in [2.45, 2.75) is 6.42 Å². The Hall–Kier alpha value is -1.48. The molecule has 0 aromatic heterocycles. The lowest BCUT2D eigenvalue weighted by atomic mass is 10.1. The first-order valence-electron chi connectivity index (χ1n) is 4.43. The van der Waals surface area contributed by atoms with Crippen molar-refractivity contribution in [3.8, 4) is 11.5 Å². The molecule has 3 heteroatoms. The summed E-state index contributed by atoms with van der Waals surface area (Å²) in [7, 11) is 1.51. The Kier molecular flexibility index (Phi) is 4.01. The number of rotatable bonds is 4. The minimum atomic E-state index is 0.112.